The first-order chi connectivity index (χ1) is 9.31. The Morgan fingerprint density at radius 1 is 1.32 bits per heavy atom. The Kier molecular flexibility index (Phi) is 5.41. The topological polar surface area (TPSA) is 49.5 Å². The number of piperidine rings is 1. The highest BCUT2D eigenvalue weighted by Crippen LogP contribution is 2.18. The van der Waals surface area contributed by atoms with Crippen LogP contribution < -0.4 is 5.73 Å². The second-order valence-corrected chi connectivity index (χ2v) is 5.11. The summed E-state index contributed by atoms with van der Waals surface area (Å²) in [6.45, 7) is 3.85. The quantitative estimate of drug-likeness (QED) is 0.801. The number of hydrogen-bond donors (Lipinski definition) is 2. The molecule has 0 atom stereocenters. The summed E-state index contributed by atoms with van der Waals surface area (Å²) in [7, 11) is 0. The van der Waals surface area contributed by atoms with Gasteiger partial charge in [-0.1, -0.05) is 24.0 Å². The standard InChI is InChI=1S/C16H22N2O/c17-8-2-5-14-3-1-4-16(11-14)12-18-9-6-15(13-19)7-10-18/h1,3-4,11,15,19H,6-10,12-13,17H2. The molecule has 0 radical (unpaired) electrons. The summed E-state index contributed by atoms with van der Waals surface area (Å²) in [4.78, 5) is 2.45. The van der Waals surface area contributed by atoms with Crippen LogP contribution >= 0.6 is 0 Å². The largest absolute Gasteiger partial charge is 0.396 e. The molecule has 1 saturated heterocycles. The Labute approximate surface area is 115 Å². The lowest BCUT2D eigenvalue weighted by Gasteiger charge is -2.31. The van der Waals surface area contributed by atoms with Crippen molar-refractivity contribution in [1.82, 2.24) is 4.90 Å². The monoisotopic (exact) mass is 258 g/mol. The lowest BCUT2D eigenvalue weighted by molar-refractivity contribution is 0.127. The van der Waals surface area contributed by atoms with Gasteiger partial charge in [-0.25, -0.2) is 0 Å². The van der Waals surface area contributed by atoms with Gasteiger partial charge in [-0.3, -0.25) is 4.90 Å². The summed E-state index contributed by atoms with van der Waals surface area (Å²) < 4.78 is 0. The molecule has 1 aliphatic heterocycles. The zero-order valence-corrected chi connectivity index (χ0v) is 11.3. The molecule has 0 spiro atoms. The number of hydrogen-bond acceptors (Lipinski definition) is 3. The molecule has 0 unspecified atom stereocenters. The molecule has 1 aromatic rings. The fourth-order valence-corrected chi connectivity index (χ4v) is 2.49. The van der Waals surface area contributed by atoms with E-state index in [1.54, 1.807) is 0 Å². The molecule has 0 bridgehead atoms. The molecule has 3 heteroatoms. The molecular weight excluding hydrogens is 236 g/mol. The molecule has 1 aromatic carbocycles. The van der Waals surface area contributed by atoms with E-state index in [-0.39, 0.29) is 0 Å². The van der Waals surface area contributed by atoms with Crippen LogP contribution in [0.4, 0.5) is 0 Å². The van der Waals surface area contributed by atoms with Crippen LogP contribution in [0, 0.1) is 17.8 Å². The average molecular weight is 258 g/mol. The third kappa shape index (κ3) is 4.36. The Morgan fingerprint density at radius 2 is 2.11 bits per heavy atom. The van der Waals surface area contributed by atoms with Gasteiger partial charge in [0.05, 0.1) is 6.54 Å². The maximum atomic E-state index is 9.14. The first-order valence-electron chi connectivity index (χ1n) is 6.93. The molecule has 19 heavy (non-hydrogen) atoms. The minimum atomic E-state index is 0.331. The zero-order chi connectivity index (χ0) is 13.5. The number of nitrogens with zero attached hydrogens (tertiary/aromatic N) is 1. The Balaban J connectivity index is 1.92. The van der Waals surface area contributed by atoms with Crippen LogP contribution in [0.15, 0.2) is 24.3 Å². The molecule has 3 N–H and O–H groups in total. The van der Waals surface area contributed by atoms with Gasteiger partial charge >= 0.3 is 0 Å². The number of aliphatic hydroxyl groups excluding tert-OH is 1. The molecule has 0 amide bonds. The Hall–Kier alpha value is -1.34. The number of likely N-dealkylation sites (tertiary alicyclic amines) is 1. The third-order valence-corrected chi connectivity index (χ3v) is 3.63. The Morgan fingerprint density at radius 3 is 2.79 bits per heavy atom. The van der Waals surface area contributed by atoms with E-state index in [4.69, 9.17) is 10.8 Å². The van der Waals surface area contributed by atoms with Crippen molar-refractivity contribution in [3.05, 3.63) is 35.4 Å². The van der Waals surface area contributed by atoms with Crippen molar-refractivity contribution in [2.75, 3.05) is 26.2 Å². The van der Waals surface area contributed by atoms with E-state index in [1.165, 1.54) is 5.56 Å². The summed E-state index contributed by atoms with van der Waals surface area (Å²) in [5, 5.41) is 9.14. The van der Waals surface area contributed by atoms with E-state index in [0.717, 1.165) is 38.0 Å². The van der Waals surface area contributed by atoms with E-state index in [2.05, 4.69) is 34.9 Å². The van der Waals surface area contributed by atoms with Crippen LogP contribution in [0.25, 0.3) is 0 Å². The van der Waals surface area contributed by atoms with E-state index in [0.29, 0.717) is 19.1 Å². The summed E-state index contributed by atoms with van der Waals surface area (Å²) in [5.41, 5.74) is 7.72. The van der Waals surface area contributed by atoms with E-state index >= 15 is 0 Å². The molecule has 102 valence electrons. The van der Waals surface area contributed by atoms with Gasteiger partial charge in [-0.2, -0.15) is 0 Å². The Bertz CT molecular complexity index is 453. The predicted octanol–water partition coefficient (Wildman–Crippen LogP) is 1.20. The smallest absolute Gasteiger partial charge is 0.0555 e. The average Bonchev–Trinajstić information content (AvgIpc) is 2.46. The van der Waals surface area contributed by atoms with E-state index in [9.17, 15) is 0 Å². The number of rotatable bonds is 3. The molecule has 0 saturated carbocycles. The van der Waals surface area contributed by atoms with Gasteiger partial charge < -0.3 is 10.8 Å². The molecule has 1 fully saturated rings. The first kappa shape index (κ1) is 14.1. The minimum Gasteiger partial charge on any atom is -0.396 e. The number of benzene rings is 1. The van der Waals surface area contributed by atoms with Crippen LogP contribution in [-0.2, 0) is 6.54 Å². The highest BCUT2D eigenvalue weighted by Gasteiger charge is 2.18. The zero-order valence-electron chi connectivity index (χ0n) is 11.3. The van der Waals surface area contributed by atoms with Crippen molar-refractivity contribution in [3.8, 4) is 11.8 Å². The van der Waals surface area contributed by atoms with Crippen molar-refractivity contribution >= 4 is 0 Å². The summed E-state index contributed by atoms with van der Waals surface area (Å²) in [6.07, 6.45) is 2.20. The van der Waals surface area contributed by atoms with E-state index < -0.39 is 0 Å². The van der Waals surface area contributed by atoms with Gasteiger partial charge in [0.1, 0.15) is 0 Å². The highest BCUT2D eigenvalue weighted by molar-refractivity contribution is 5.37. The van der Waals surface area contributed by atoms with Crippen molar-refractivity contribution in [3.63, 3.8) is 0 Å². The molecule has 2 rings (SSSR count). The molecule has 3 nitrogen and oxygen atoms in total. The maximum Gasteiger partial charge on any atom is 0.0555 e. The van der Waals surface area contributed by atoms with Crippen molar-refractivity contribution in [2.45, 2.75) is 19.4 Å². The van der Waals surface area contributed by atoms with E-state index in [1.807, 2.05) is 6.07 Å². The number of aliphatic hydroxyl groups is 1. The van der Waals surface area contributed by atoms with Crippen molar-refractivity contribution in [2.24, 2.45) is 11.7 Å². The lowest BCUT2D eigenvalue weighted by atomic mass is 9.97. The summed E-state index contributed by atoms with van der Waals surface area (Å²) in [6, 6.07) is 8.35. The van der Waals surface area contributed by atoms with Crippen molar-refractivity contribution in [1.29, 1.82) is 0 Å². The second kappa shape index (κ2) is 7.30. The number of nitrogens with two attached hydrogens (primary N) is 1. The fourth-order valence-electron chi connectivity index (χ4n) is 2.49. The van der Waals surface area contributed by atoms with Gasteiger partial charge in [-0.15, -0.1) is 0 Å². The van der Waals surface area contributed by atoms with Crippen LogP contribution in [-0.4, -0.2) is 36.2 Å². The summed E-state index contributed by atoms with van der Waals surface area (Å²) >= 11 is 0. The molecular formula is C16H22N2O. The van der Waals surface area contributed by atoms with Crippen molar-refractivity contribution < 1.29 is 5.11 Å². The van der Waals surface area contributed by atoms with Crippen LogP contribution in [0.5, 0.6) is 0 Å². The molecule has 1 aliphatic rings. The SMILES string of the molecule is NCC#Cc1cccc(CN2CCC(CO)CC2)c1. The molecule has 1 heterocycles. The van der Waals surface area contributed by atoms with Gasteiger partial charge in [0.15, 0.2) is 0 Å². The highest BCUT2D eigenvalue weighted by atomic mass is 16.3. The predicted molar refractivity (Wildman–Crippen MR) is 77.5 cm³/mol. The van der Waals surface area contributed by atoms with Gasteiger partial charge in [-0.05, 0) is 49.5 Å². The van der Waals surface area contributed by atoms with Crippen LogP contribution in [0.2, 0.25) is 0 Å². The second-order valence-electron chi connectivity index (χ2n) is 5.11. The maximum absolute atomic E-state index is 9.14. The normalized spacial score (nSPS) is 16.9. The van der Waals surface area contributed by atoms with Crippen LogP contribution in [0.1, 0.15) is 24.0 Å². The molecule has 0 aliphatic carbocycles. The van der Waals surface area contributed by atoms with Gasteiger partial charge in [0.25, 0.3) is 0 Å². The first-order valence-corrected chi connectivity index (χ1v) is 6.93. The third-order valence-electron chi connectivity index (χ3n) is 3.63. The minimum absolute atomic E-state index is 0.331. The van der Waals surface area contributed by atoms with Crippen LogP contribution in [0.3, 0.4) is 0 Å². The van der Waals surface area contributed by atoms with Gasteiger partial charge in [0, 0.05) is 18.7 Å². The molecule has 0 aromatic heterocycles. The van der Waals surface area contributed by atoms with Gasteiger partial charge in [0.2, 0.25) is 0 Å². The summed E-state index contributed by atoms with van der Waals surface area (Å²) in [5.74, 6) is 6.45. The lowest BCUT2D eigenvalue weighted by Crippen LogP contribution is -2.34. The fraction of sp³-hybridized carbons (Fsp3) is 0.500.